The van der Waals surface area contributed by atoms with Gasteiger partial charge in [0.05, 0.1) is 6.20 Å². The molecule has 330 valence electrons. The highest BCUT2D eigenvalue weighted by atomic mass is 16.7. The SMILES string of the molecule is C=C(C)[C@@H]1CC[C@]2(C(=O)c3cn([C@@H]4O[C@H](COC(C)=O)[C@@H](OC(C)=O)[C@H](OC(C)=O)[C@H]4OC(C)=O)nn3)CC[C@]3(C)[C@H](CC[C@@H]4[C@@]5(C)CCC(=O)C(C)(C)[C@@H]5CC[C@]43C)[C@@H]12. The Bertz CT molecular complexity index is 1960. The summed E-state index contributed by atoms with van der Waals surface area (Å²) < 4.78 is 29.7. The largest absolute Gasteiger partial charge is 0.463 e. The van der Waals surface area contributed by atoms with Crippen molar-refractivity contribution in [3.8, 4) is 0 Å². The lowest BCUT2D eigenvalue weighted by atomic mass is 9.32. The molecule has 5 saturated carbocycles. The van der Waals surface area contributed by atoms with Gasteiger partial charge in [-0.1, -0.05) is 52.0 Å². The number of esters is 4. The second-order valence-electron chi connectivity index (χ2n) is 20.5. The van der Waals surface area contributed by atoms with E-state index in [-0.39, 0.29) is 50.9 Å². The highest BCUT2D eigenvalue weighted by Gasteiger charge is 2.72. The molecule has 6 fully saturated rings. The molecule has 1 saturated heterocycles. The summed E-state index contributed by atoms with van der Waals surface area (Å²) in [6.45, 7) is 22.8. The van der Waals surface area contributed by atoms with E-state index in [0.29, 0.717) is 36.9 Å². The van der Waals surface area contributed by atoms with Crippen LogP contribution < -0.4 is 0 Å². The Labute approximate surface area is 353 Å². The van der Waals surface area contributed by atoms with Crippen LogP contribution in [0.5, 0.6) is 0 Å². The topological polar surface area (TPSA) is 179 Å². The third-order valence-electron chi connectivity index (χ3n) is 17.2. The number of hydrogen-bond donors (Lipinski definition) is 0. The summed E-state index contributed by atoms with van der Waals surface area (Å²) in [6.07, 6.45) is 3.78. The smallest absolute Gasteiger partial charge is 0.303 e. The number of aromatic nitrogens is 3. The fourth-order valence-corrected chi connectivity index (χ4v) is 14.5. The highest BCUT2D eigenvalue weighted by Crippen LogP contribution is 2.77. The van der Waals surface area contributed by atoms with E-state index >= 15 is 4.79 Å². The Morgan fingerprint density at radius 2 is 1.42 bits per heavy atom. The number of hydrogen-bond acceptors (Lipinski definition) is 13. The first-order valence-electron chi connectivity index (χ1n) is 22.0. The average Bonchev–Trinajstić information content (AvgIpc) is 3.80. The molecule has 5 aliphatic carbocycles. The number of rotatable bonds is 9. The molecule has 14 heteroatoms. The Kier molecular flexibility index (Phi) is 11.4. The molecule has 1 aliphatic heterocycles. The van der Waals surface area contributed by atoms with E-state index in [4.69, 9.17) is 23.7 Å². The van der Waals surface area contributed by atoms with Gasteiger partial charge in [-0.25, -0.2) is 4.68 Å². The maximum absolute atomic E-state index is 15.3. The van der Waals surface area contributed by atoms with E-state index in [9.17, 15) is 24.0 Å². The zero-order valence-electron chi connectivity index (χ0n) is 37.2. The fraction of sp³-hybridized carbons (Fsp3) is 0.783. The predicted octanol–water partition coefficient (Wildman–Crippen LogP) is 6.94. The Balaban J connectivity index is 1.23. The van der Waals surface area contributed by atoms with Gasteiger partial charge in [-0.15, -0.1) is 5.10 Å². The van der Waals surface area contributed by atoms with Gasteiger partial charge >= 0.3 is 23.9 Å². The summed E-state index contributed by atoms with van der Waals surface area (Å²) in [7, 11) is 0. The van der Waals surface area contributed by atoms with Crippen molar-refractivity contribution in [1.82, 2.24) is 15.0 Å². The lowest BCUT2D eigenvalue weighted by molar-refractivity contribution is -0.270. The number of carbonyl (C=O) groups excluding carboxylic acids is 6. The van der Waals surface area contributed by atoms with Crippen molar-refractivity contribution in [1.29, 1.82) is 0 Å². The second-order valence-corrected chi connectivity index (χ2v) is 20.5. The van der Waals surface area contributed by atoms with Crippen LogP contribution in [0.4, 0.5) is 0 Å². The van der Waals surface area contributed by atoms with Gasteiger partial charge in [0, 0.05) is 44.9 Å². The molecular weight excluding hydrogens is 771 g/mol. The lowest BCUT2D eigenvalue weighted by Gasteiger charge is -2.72. The highest BCUT2D eigenvalue weighted by molar-refractivity contribution is 5.99. The number of ketones is 2. The zero-order valence-corrected chi connectivity index (χ0v) is 37.2. The number of nitrogens with zero attached hydrogens (tertiary/aromatic N) is 3. The van der Waals surface area contributed by atoms with Crippen LogP contribution in [-0.2, 0) is 47.7 Å². The molecule has 0 radical (unpaired) electrons. The number of carbonyl (C=O) groups is 6. The van der Waals surface area contributed by atoms with E-state index in [0.717, 1.165) is 64.4 Å². The first-order chi connectivity index (χ1) is 28.0. The molecule has 7 rings (SSSR count). The number of ether oxygens (including phenoxy) is 5. The molecule has 0 amide bonds. The minimum atomic E-state index is -1.39. The van der Waals surface area contributed by atoms with Crippen molar-refractivity contribution in [2.45, 2.75) is 164 Å². The maximum atomic E-state index is 15.3. The third kappa shape index (κ3) is 6.85. The normalized spacial score (nSPS) is 41.7. The summed E-state index contributed by atoms with van der Waals surface area (Å²) in [5, 5.41) is 8.81. The van der Waals surface area contributed by atoms with Gasteiger partial charge < -0.3 is 23.7 Å². The van der Waals surface area contributed by atoms with Gasteiger partial charge in [-0.2, -0.15) is 0 Å². The van der Waals surface area contributed by atoms with Gasteiger partial charge in [0.1, 0.15) is 24.2 Å². The summed E-state index contributed by atoms with van der Waals surface area (Å²) >= 11 is 0. The summed E-state index contributed by atoms with van der Waals surface area (Å²) in [4.78, 5) is 77.8. The summed E-state index contributed by atoms with van der Waals surface area (Å²) in [6, 6.07) is 0. The number of fused-ring (bicyclic) bond motifs is 7. The van der Waals surface area contributed by atoms with Crippen molar-refractivity contribution in [2.75, 3.05) is 6.61 Å². The van der Waals surface area contributed by atoms with E-state index in [2.05, 4.69) is 58.4 Å². The van der Waals surface area contributed by atoms with Crippen LogP contribution in [0, 0.1) is 56.7 Å². The molecular formula is C46H65N3O11. The van der Waals surface area contributed by atoms with Crippen LogP contribution >= 0.6 is 0 Å². The molecule has 0 spiro atoms. The predicted molar refractivity (Wildman–Crippen MR) is 216 cm³/mol. The molecule has 14 atom stereocenters. The van der Waals surface area contributed by atoms with Crippen LogP contribution in [0.2, 0.25) is 0 Å². The van der Waals surface area contributed by atoms with Crippen molar-refractivity contribution >= 4 is 35.4 Å². The first-order valence-corrected chi connectivity index (χ1v) is 22.0. The Morgan fingerprint density at radius 1 is 0.767 bits per heavy atom. The van der Waals surface area contributed by atoms with Gasteiger partial charge in [0.15, 0.2) is 30.3 Å². The maximum Gasteiger partial charge on any atom is 0.303 e. The minimum absolute atomic E-state index is 0.0338. The molecule has 6 aliphatic rings. The van der Waals surface area contributed by atoms with Crippen molar-refractivity contribution in [3.05, 3.63) is 24.0 Å². The molecule has 0 N–H and O–H groups in total. The van der Waals surface area contributed by atoms with Crippen LogP contribution in [0.3, 0.4) is 0 Å². The Morgan fingerprint density at radius 3 is 2.05 bits per heavy atom. The average molecular weight is 836 g/mol. The molecule has 1 aromatic rings. The molecule has 2 heterocycles. The quantitative estimate of drug-likeness (QED) is 0.108. The molecule has 0 bridgehead atoms. The van der Waals surface area contributed by atoms with E-state index in [1.54, 1.807) is 0 Å². The third-order valence-corrected chi connectivity index (χ3v) is 17.2. The van der Waals surface area contributed by atoms with Gasteiger partial charge in [-0.3, -0.25) is 28.8 Å². The van der Waals surface area contributed by atoms with Crippen molar-refractivity contribution in [2.24, 2.45) is 56.7 Å². The van der Waals surface area contributed by atoms with Gasteiger partial charge in [-0.05, 0) is 111 Å². The Hall–Kier alpha value is -3.94. The standard InChI is InChI=1S/C46H65N3O11/c1-24(2)29-14-19-46(21-20-44(10)30(36(29)46)12-13-34-43(9)17-16-35(54)42(7,8)33(43)15-18-45(34,44)11)40(55)31-22-49(48-47-31)41-39(59-28(6)53)38(58-27(5)52)37(57-26(4)51)32(60-41)23-56-25(3)50/h22,29-30,32-34,36-39,41H,1,12-21,23H2,2-11H3/t29-,30+,32+,33-,34+,36+,37+,38-,39+,41+,43-,44+,45+,46-/m0/s1. The summed E-state index contributed by atoms with van der Waals surface area (Å²) in [5.74, 6) is -1.23. The van der Waals surface area contributed by atoms with E-state index < -0.39 is 66.5 Å². The summed E-state index contributed by atoms with van der Waals surface area (Å²) in [5.41, 5.74) is 0.265. The second kappa shape index (κ2) is 15.4. The number of allylic oxidation sites excluding steroid dienone is 1. The van der Waals surface area contributed by atoms with Crippen LogP contribution in [0.1, 0.15) is 150 Å². The molecule has 14 nitrogen and oxygen atoms in total. The fourth-order valence-electron chi connectivity index (χ4n) is 14.5. The van der Waals surface area contributed by atoms with Crippen LogP contribution in [0.25, 0.3) is 0 Å². The van der Waals surface area contributed by atoms with Crippen LogP contribution in [0.15, 0.2) is 18.3 Å². The van der Waals surface area contributed by atoms with Gasteiger partial charge in [0.25, 0.3) is 0 Å². The molecule has 1 aromatic heterocycles. The zero-order chi connectivity index (χ0) is 43.9. The number of Topliss-reactive ketones (excluding diaryl/α,β-unsaturated/α-hetero) is 2. The molecule has 0 aromatic carbocycles. The van der Waals surface area contributed by atoms with Gasteiger partial charge in [0.2, 0.25) is 0 Å². The lowest BCUT2D eigenvalue weighted by Crippen LogP contribution is -2.66. The monoisotopic (exact) mass is 835 g/mol. The van der Waals surface area contributed by atoms with Crippen molar-refractivity contribution < 1.29 is 52.5 Å². The minimum Gasteiger partial charge on any atom is -0.463 e. The van der Waals surface area contributed by atoms with Crippen LogP contribution in [-0.4, -0.2) is 81.5 Å². The first kappa shape index (κ1) is 44.1. The van der Waals surface area contributed by atoms with E-state index in [1.807, 2.05) is 0 Å². The molecule has 0 unspecified atom stereocenters. The van der Waals surface area contributed by atoms with Crippen molar-refractivity contribution in [3.63, 3.8) is 0 Å². The van der Waals surface area contributed by atoms with E-state index in [1.165, 1.54) is 24.7 Å². The molecule has 60 heavy (non-hydrogen) atoms.